The molecule has 51 heavy (non-hydrogen) atoms. The van der Waals surface area contributed by atoms with Gasteiger partial charge in [-0.25, -0.2) is 0 Å². The third kappa shape index (κ3) is 11.0. The van der Waals surface area contributed by atoms with Gasteiger partial charge in [-0.15, -0.1) is 0 Å². The molecular weight excluding hydrogens is 646 g/mol. The third-order valence-corrected chi connectivity index (χ3v) is 11.9. The Bertz CT molecular complexity index is 1290. The maximum Gasteiger partial charge on any atom is 0.287 e. The highest BCUT2D eigenvalue weighted by Gasteiger charge is 2.51. The zero-order valence-corrected chi connectivity index (χ0v) is 32.2. The van der Waals surface area contributed by atoms with Crippen LogP contribution in [0.2, 0.25) is 0 Å². The molecule has 3 aliphatic carbocycles. The average Bonchev–Trinajstić information content (AvgIpc) is 3.82. The lowest BCUT2D eigenvalue weighted by atomic mass is 9.76. The minimum atomic E-state index is -0.967. The minimum Gasteiger partial charge on any atom is -0.349 e. The quantitative estimate of drug-likeness (QED) is 0.168. The van der Waals surface area contributed by atoms with Crippen LogP contribution in [-0.2, 0) is 33.6 Å². The monoisotopic (exact) mass is 711 g/mol. The molecule has 0 spiro atoms. The summed E-state index contributed by atoms with van der Waals surface area (Å²) in [5, 5.41) is 5.76. The summed E-state index contributed by atoms with van der Waals surface area (Å²) in [6.45, 7) is 11.9. The van der Waals surface area contributed by atoms with E-state index in [0.29, 0.717) is 25.8 Å². The van der Waals surface area contributed by atoms with Crippen LogP contribution in [0.25, 0.3) is 0 Å². The molecule has 1 heterocycles. The zero-order chi connectivity index (χ0) is 37.5. The van der Waals surface area contributed by atoms with E-state index in [2.05, 4.69) is 10.6 Å². The Hall–Kier alpha value is -2.91. The van der Waals surface area contributed by atoms with Gasteiger partial charge in [0.2, 0.25) is 23.4 Å². The Balaban J connectivity index is 1.57. The van der Waals surface area contributed by atoms with Crippen LogP contribution in [0.4, 0.5) is 0 Å². The molecule has 286 valence electrons. The van der Waals surface area contributed by atoms with Crippen molar-refractivity contribution >= 4 is 40.9 Å². The molecule has 0 aromatic rings. The van der Waals surface area contributed by atoms with Crippen molar-refractivity contribution in [2.45, 2.75) is 169 Å². The van der Waals surface area contributed by atoms with Gasteiger partial charge in [0.15, 0.2) is 11.6 Å². The molecule has 4 aliphatic rings. The van der Waals surface area contributed by atoms with E-state index in [1.165, 1.54) is 0 Å². The highest BCUT2D eigenvalue weighted by atomic mass is 16.2. The summed E-state index contributed by atoms with van der Waals surface area (Å²) in [7, 11) is 0. The van der Waals surface area contributed by atoms with Gasteiger partial charge in [0.05, 0.1) is 6.04 Å². The number of ketones is 4. The summed E-state index contributed by atoms with van der Waals surface area (Å²) in [4.78, 5) is 97.0. The second-order valence-electron chi connectivity index (χ2n) is 17.7. The first-order chi connectivity index (χ1) is 24.1. The number of amides is 3. The molecule has 10 heteroatoms. The fraction of sp³-hybridized carbons (Fsp3) is 0.829. The number of rotatable bonds is 18. The van der Waals surface area contributed by atoms with Crippen molar-refractivity contribution in [3.63, 3.8) is 0 Å². The fourth-order valence-electron chi connectivity index (χ4n) is 8.77. The van der Waals surface area contributed by atoms with E-state index in [-0.39, 0.29) is 66.4 Å². The first-order valence-corrected chi connectivity index (χ1v) is 20.2. The smallest absolute Gasteiger partial charge is 0.287 e. The molecule has 1 saturated heterocycles. The van der Waals surface area contributed by atoms with Crippen molar-refractivity contribution < 1.29 is 33.6 Å². The predicted molar refractivity (Wildman–Crippen MR) is 195 cm³/mol. The van der Waals surface area contributed by atoms with Crippen molar-refractivity contribution in [3.05, 3.63) is 0 Å². The lowest BCUT2D eigenvalue weighted by molar-refractivity contribution is -0.148. The Labute approximate surface area is 305 Å². The molecule has 0 aromatic carbocycles. The van der Waals surface area contributed by atoms with Crippen LogP contribution in [0.3, 0.4) is 0 Å². The molecule has 1 aliphatic heterocycles. The fourth-order valence-corrected chi connectivity index (χ4v) is 8.77. The van der Waals surface area contributed by atoms with E-state index in [1.54, 1.807) is 4.90 Å². The van der Waals surface area contributed by atoms with E-state index >= 15 is 0 Å². The molecule has 4 rings (SSSR count). The highest BCUT2D eigenvalue weighted by molar-refractivity contribution is 6.38. The number of nitrogens with one attached hydrogen (secondary N) is 2. The average molecular weight is 712 g/mol. The summed E-state index contributed by atoms with van der Waals surface area (Å²) in [5.74, 6) is -3.91. The Kier molecular flexibility index (Phi) is 14.6. The van der Waals surface area contributed by atoms with Crippen LogP contribution >= 0.6 is 0 Å². The SMILES string of the molecule is CCC[C@H](CC(=O)[C@@H]1C[C@@H]2CCCC[C@@H]2N1C(=O)C(NC(=O)[C@@H](CC(=O)C(=O)NCC(C)C)C1CCCCC1)C(C)(C)C)C(=O)C(=O)CC1CC1. The van der Waals surface area contributed by atoms with Gasteiger partial charge >= 0.3 is 0 Å². The van der Waals surface area contributed by atoms with Gasteiger partial charge in [0, 0.05) is 43.7 Å². The number of carbonyl (C=O) groups excluding carboxylic acids is 7. The predicted octanol–water partition coefficient (Wildman–Crippen LogP) is 5.92. The molecule has 6 atom stereocenters. The molecule has 0 bridgehead atoms. The van der Waals surface area contributed by atoms with Crippen LogP contribution in [0.1, 0.15) is 151 Å². The van der Waals surface area contributed by atoms with E-state index in [9.17, 15) is 33.6 Å². The Morgan fingerprint density at radius 3 is 2.06 bits per heavy atom. The number of hydrogen-bond donors (Lipinski definition) is 2. The first kappa shape index (κ1) is 40.9. The summed E-state index contributed by atoms with van der Waals surface area (Å²) >= 11 is 0. The van der Waals surface area contributed by atoms with Crippen LogP contribution in [0, 0.1) is 40.9 Å². The van der Waals surface area contributed by atoms with Crippen molar-refractivity contribution in [1.29, 1.82) is 0 Å². The molecule has 0 aromatic heterocycles. The molecule has 1 unspecified atom stereocenters. The minimum absolute atomic E-state index is 0.0613. The normalized spacial score (nSPS) is 24.3. The van der Waals surface area contributed by atoms with Crippen LogP contribution in [0.15, 0.2) is 0 Å². The Morgan fingerprint density at radius 1 is 0.804 bits per heavy atom. The molecule has 3 saturated carbocycles. The van der Waals surface area contributed by atoms with Crippen LogP contribution in [0.5, 0.6) is 0 Å². The topological polar surface area (TPSA) is 147 Å². The van der Waals surface area contributed by atoms with Gasteiger partial charge in [-0.05, 0) is 80.5 Å². The number of nitrogens with zero attached hydrogens (tertiary/aromatic N) is 1. The van der Waals surface area contributed by atoms with Crippen molar-refractivity contribution in [3.8, 4) is 0 Å². The molecule has 4 fully saturated rings. The Morgan fingerprint density at radius 2 is 1.45 bits per heavy atom. The van der Waals surface area contributed by atoms with E-state index in [0.717, 1.165) is 70.6 Å². The second kappa shape index (κ2) is 18.2. The number of carbonyl (C=O) groups is 7. The largest absolute Gasteiger partial charge is 0.349 e. The lowest BCUT2D eigenvalue weighted by Crippen LogP contribution is -2.60. The molecule has 3 amide bonds. The number of fused-ring (bicyclic) bond motifs is 1. The first-order valence-electron chi connectivity index (χ1n) is 20.2. The van der Waals surface area contributed by atoms with Gasteiger partial charge in [-0.2, -0.15) is 0 Å². The van der Waals surface area contributed by atoms with Crippen molar-refractivity contribution in [2.24, 2.45) is 40.9 Å². The highest BCUT2D eigenvalue weighted by Crippen LogP contribution is 2.42. The number of Topliss-reactive ketones (excluding diaryl/α,β-unsaturated/α-hetero) is 4. The van der Waals surface area contributed by atoms with Crippen LogP contribution in [-0.4, -0.2) is 70.4 Å². The van der Waals surface area contributed by atoms with Crippen molar-refractivity contribution in [2.75, 3.05) is 6.54 Å². The standard InChI is InChI=1S/C41H65N3O7/c1-7-13-29(36(48)34(46)20-26-18-19-26)22-33(45)32-21-28-16-11-12-17-31(28)44(32)40(51)37(41(4,5)6)43-38(49)30(27-14-9-8-10-15-27)23-35(47)39(50)42-24-25(2)3/h25-32,37H,7-24H2,1-6H3,(H,42,50)(H,43,49)/t28-,29+,30-,31-,32-,37?/m0/s1. The molecule has 0 radical (unpaired) electrons. The van der Waals surface area contributed by atoms with E-state index in [1.807, 2.05) is 41.5 Å². The van der Waals surface area contributed by atoms with Gasteiger partial charge in [0.1, 0.15) is 6.04 Å². The van der Waals surface area contributed by atoms with Crippen LogP contribution < -0.4 is 10.6 Å². The summed E-state index contributed by atoms with van der Waals surface area (Å²) in [6.07, 6.45) is 11.7. The summed E-state index contributed by atoms with van der Waals surface area (Å²) in [5.41, 5.74) is -0.723. The zero-order valence-electron chi connectivity index (χ0n) is 32.2. The molecular formula is C41H65N3O7. The van der Waals surface area contributed by atoms with Gasteiger partial charge in [-0.3, -0.25) is 33.6 Å². The molecule has 2 N–H and O–H groups in total. The summed E-state index contributed by atoms with van der Waals surface area (Å²) < 4.78 is 0. The molecule has 10 nitrogen and oxygen atoms in total. The number of likely N-dealkylation sites (tertiary alicyclic amines) is 1. The third-order valence-electron chi connectivity index (χ3n) is 11.9. The van der Waals surface area contributed by atoms with E-state index < -0.39 is 52.7 Å². The van der Waals surface area contributed by atoms with E-state index in [4.69, 9.17) is 0 Å². The summed E-state index contributed by atoms with van der Waals surface area (Å²) in [6, 6.07) is -1.83. The maximum atomic E-state index is 14.9. The van der Waals surface area contributed by atoms with Crippen molar-refractivity contribution in [1.82, 2.24) is 15.5 Å². The van der Waals surface area contributed by atoms with Gasteiger partial charge < -0.3 is 15.5 Å². The van der Waals surface area contributed by atoms with Gasteiger partial charge in [0.25, 0.3) is 5.91 Å². The van der Waals surface area contributed by atoms with Gasteiger partial charge in [-0.1, -0.05) is 80.1 Å². The maximum absolute atomic E-state index is 14.9. The number of hydrogen-bond acceptors (Lipinski definition) is 7. The second-order valence-corrected chi connectivity index (χ2v) is 17.7. The lowest BCUT2D eigenvalue weighted by Gasteiger charge is -2.40.